The second-order valence-electron chi connectivity index (χ2n) is 7.00. The molecule has 7 nitrogen and oxygen atoms in total. The lowest BCUT2D eigenvalue weighted by Gasteiger charge is -2.32. The number of benzene rings is 1. The Morgan fingerprint density at radius 1 is 1.14 bits per heavy atom. The van der Waals surface area contributed by atoms with Crippen molar-refractivity contribution < 1.29 is 21.6 Å². The first-order chi connectivity index (χ1) is 13.6. The van der Waals surface area contributed by atoms with Crippen LogP contribution >= 0.6 is 0 Å². The number of aromatic nitrogens is 2. The molecule has 3 N–H and O–H groups in total. The lowest BCUT2D eigenvalue weighted by Crippen LogP contribution is -2.36. The Balaban J connectivity index is 1.60. The van der Waals surface area contributed by atoms with Crippen LogP contribution < -0.4 is 14.8 Å². The number of piperidine rings is 1. The van der Waals surface area contributed by atoms with Crippen LogP contribution in [-0.2, 0) is 16.4 Å². The monoisotopic (exact) mass is 429 g/mol. The molecule has 2 heterocycles. The van der Waals surface area contributed by atoms with Gasteiger partial charge in [0, 0.05) is 31.3 Å². The van der Waals surface area contributed by atoms with Crippen LogP contribution in [0.2, 0.25) is 0 Å². The van der Waals surface area contributed by atoms with Crippen LogP contribution in [0.1, 0.15) is 24.8 Å². The summed E-state index contributed by atoms with van der Waals surface area (Å²) >= 11 is 0. The summed E-state index contributed by atoms with van der Waals surface area (Å²) < 4.78 is 62.3. The van der Waals surface area contributed by atoms with Crippen molar-refractivity contribution in [2.24, 2.45) is 11.1 Å². The molecule has 1 aromatic heterocycles. The number of nitrogens with one attached hydrogen (secondary N) is 1. The highest BCUT2D eigenvalue weighted by molar-refractivity contribution is 7.87. The van der Waals surface area contributed by atoms with Crippen molar-refractivity contribution in [1.82, 2.24) is 14.7 Å². The molecule has 0 aliphatic carbocycles. The molecule has 1 aliphatic heterocycles. The zero-order valence-electron chi connectivity index (χ0n) is 15.6. The van der Waals surface area contributed by atoms with Gasteiger partial charge < -0.3 is 4.90 Å². The molecule has 0 radical (unpaired) electrons. The van der Waals surface area contributed by atoms with E-state index in [0.717, 1.165) is 43.9 Å². The van der Waals surface area contributed by atoms with Crippen LogP contribution in [0.15, 0.2) is 36.7 Å². The topological polar surface area (TPSA) is 101 Å². The molecule has 1 aliphatic rings. The smallest absolute Gasteiger partial charge is 0.356 e. The molecule has 11 heteroatoms. The Morgan fingerprint density at radius 3 is 2.38 bits per heavy atom. The summed E-state index contributed by atoms with van der Waals surface area (Å²) in [6.45, 7) is 1.82. The van der Waals surface area contributed by atoms with E-state index in [1.165, 1.54) is 18.5 Å². The van der Waals surface area contributed by atoms with Crippen molar-refractivity contribution in [2.75, 3.05) is 24.5 Å². The Labute approximate surface area is 167 Å². The standard InChI is InChI=1S/C18H22F3N5O2S/c19-18(20,21)15-3-1-14(2-4-15)16-11-17(24-12-23-16)26-9-6-13(7-10-26)5-8-25-29(22,27)28/h1-4,11-13,25H,5-10H2,(H2,22,27,28). The molecule has 2 aromatic rings. The van der Waals surface area contributed by atoms with E-state index in [4.69, 9.17) is 5.14 Å². The summed E-state index contributed by atoms with van der Waals surface area (Å²) in [4.78, 5) is 10.6. The summed E-state index contributed by atoms with van der Waals surface area (Å²) in [5.74, 6) is 1.10. The van der Waals surface area contributed by atoms with Gasteiger partial charge in [0.2, 0.25) is 0 Å². The van der Waals surface area contributed by atoms with Gasteiger partial charge in [-0.05, 0) is 37.3 Å². The van der Waals surface area contributed by atoms with Crippen molar-refractivity contribution in [3.8, 4) is 11.3 Å². The van der Waals surface area contributed by atoms with E-state index in [-0.39, 0.29) is 0 Å². The minimum Gasteiger partial charge on any atom is -0.356 e. The van der Waals surface area contributed by atoms with Crippen LogP contribution in [0.4, 0.5) is 19.0 Å². The van der Waals surface area contributed by atoms with Crippen molar-refractivity contribution >= 4 is 16.0 Å². The predicted octanol–water partition coefficient (Wildman–Crippen LogP) is 2.56. The number of alkyl halides is 3. The van der Waals surface area contributed by atoms with E-state index in [9.17, 15) is 21.6 Å². The van der Waals surface area contributed by atoms with E-state index in [1.807, 2.05) is 0 Å². The van der Waals surface area contributed by atoms with E-state index in [0.29, 0.717) is 30.1 Å². The zero-order valence-corrected chi connectivity index (χ0v) is 16.4. The van der Waals surface area contributed by atoms with Crippen molar-refractivity contribution in [3.63, 3.8) is 0 Å². The molecule has 0 unspecified atom stereocenters. The number of hydrogen-bond acceptors (Lipinski definition) is 5. The number of hydrogen-bond donors (Lipinski definition) is 2. The van der Waals surface area contributed by atoms with Crippen molar-refractivity contribution in [1.29, 1.82) is 0 Å². The summed E-state index contributed by atoms with van der Waals surface area (Å²) in [5, 5.41) is 4.92. The zero-order chi connectivity index (χ0) is 21.1. The largest absolute Gasteiger partial charge is 0.416 e. The third-order valence-electron chi connectivity index (χ3n) is 4.95. The van der Waals surface area contributed by atoms with E-state index in [1.54, 1.807) is 6.07 Å². The van der Waals surface area contributed by atoms with Crippen LogP contribution in [0.25, 0.3) is 11.3 Å². The van der Waals surface area contributed by atoms with Gasteiger partial charge in [-0.25, -0.2) is 19.8 Å². The molecule has 29 heavy (non-hydrogen) atoms. The average molecular weight is 429 g/mol. The Bertz CT molecular complexity index is 927. The molecule has 158 valence electrons. The van der Waals surface area contributed by atoms with Gasteiger partial charge in [-0.15, -0.1) is 0 Å². The second kappa shape index (κ2) is 8.64. The van der Waals surface area contributed by atoms with Crippen molar-refractivity contribution in [2.45, 2.75) is 25.4 Å². The molecule has 3 rings (SSSR count). The lowest BCUT2D eigenvalue weighted by atomic mass is 9.93. The second-order valence-corrected chi connectivity index (χ2v) is 8.37. The first-order valence-electron chi connectivity index (χ1n) is 9.14. The van der Waals surface area contributed by atoms with Gasteiger partial charge in [-0.3, -0.25) is 0 Å². The number of rotatable bonds is 6. The molecule has 0 bridgehead atoms. The molecule has 0 amide bonds. The normalized spacial score (nSPS) is 16.2. The van der Waals surface area contributed by atoms with Gasteiger partial charge in [-0.1, -0.05) is 12.1 Å². The van der Waals surface area contributed by atoms with Crippen LogP contribution in [-0.4, -0.2) is 38.0 Å². The molecule has 0 spiro atoms. The maximum absolute atomic E-state index is 12.7. The summed E-state index contributed by atoms with van der Waals surface area (Å²) in [5.41, 5.74) is 0.448. The highest BCUT2D eigenvalue weighted by Crippen LogP contribution is 2.31. The fourth-order valence-electron chi connectivity index (χ4n) is 3.36. The molecule has 0 saturated carbocycles. The number of halogens is 3. The maximum Gasteiger partial charge on any atom is 0.416 e. The van der Waals surface area contributed by atoms with Crippen molar-refractivity contribution in [3.05, 3.63) is 42.2 Å². The van der Waals surface area contributed by atoms with Gasteiger partial charge in [0.05, 0.1) is 11.3 Å². The van der Waals surface area contributed by atoms with E-state index in [2.05, 4.69) is 19.6 Å². The molecule has 1 aromatic carbocycles. The quantitative estimate of drug-likeness (QED) is 0.735. The number of nitrogens with two attached hydrogens (primary N) is 1. The van der Waals surface area contributed by atoms with Crippen LogP contribution in [0.3, 0.4) is 0 Å². The minimum atomic E-state index is -4.37. The predicted molar refractivity (Wildman–Crippen MR) is 103 cm³/mol. The highest BCUT2D eigenvalue weighted by atomic mass is 32.2. The van der Waals surface area contributed by atoms with Gasteiger partial charge in [0.25, 0.3) is 10.2 Å². The first-order valence-corrected chi connectivity index (χ1v) is 10.7. The van der Waals surface area contributed by atoms with Gasteiger partial charge in [0.15, 0.2) is 0 Å². The lowest BCUT2D eigenvalue weighted by molar-refractivity contribution is -0.137. The summed E-state index contributed by atoms with van der Waals surface area (Å²) in [6, 6.07) is 6.65. The maximum atomic E-state index is 12.7. The van der Waals surface area contributed by atoms with E-state index >= 15 is 0 Å². The molecule has 0 atom stereocenters. The highest BCUT2D eigenvalue weighted by Gasteiger charge is 2.30. The Hall–Kier alpha value is -2.24. The van der Waals surface area contributed by atoms with Gasteiger partial charge in [-0.2, -0.15) is 21.6 Å². The Kier molecular flexibility index (Phi) is 6.39. The number of anilines is 1. The van der Waals surface area contributed by atoms with Gasteiger partial charge >= 0.3 is 6.18 Å². The average Bonchev–Trinajstić information content (AvgIpc) is 2.67. The molecule has 1 fully saturated rings. The fraction of sp³-hybridized carbons (Fsp3) is 0.444. The van der Waals surface area contributed by atoms with E-state index < -0.39 is 21.9 Å². The number of nitrogens with zero attached hydrogens (tertiary/aromatic N) is 3. The molecule has 1 saturated heterocycles. The van der Waals surface area contributed by atoms with Crippen LogP contribution in [0, 0.1) is 5.92 Å². The summed E-state index contributed by atoms with van der Waals surface area (Å²) in [7, 11) is -3.66. The van der Waals surface area contributed by atoms with Crippen LogP contribution in [0.5, 0.6) is 0 Å². The molecular weight excluding hydrogens is 407 g/mol. The Morgan fingerprint density at radius 2 is 1.79 bits per heavy atom. The summed E-state index contributed by atoms with van der Waals surface area (Å²) in [6.07, 6.45) is -0.489. The molecular formula is C18H22F3N5O2S. The first kappa shape index (κ1) is 21.5. The third kappa shape index (κ3) is 6.12. The fourth-order valence-corrected chi connectivity index (χ4v) is 3.77. The minimum absolute atomic E-state index is 0.315. The SMILES string of the molecule is NS(=O)(=O)NCCC1CCN(c2cc(-c3ccc(C(F)(F)F)cc3)ncn2)CC1. The van der Waals surface area contributed by atoms with Gasteiger partial charge in [0.1, 0.15) is 12.1 Å². The third-order valence-corrected chi connectivity index (χ3v) is 5.56.